The van der Waals surface area contributed by atoms with Gasteiger partial charge in [0.15, 0.2) is 0 Å². The summed E-state index contributed by atoms with van der Waals surface area (Å²) in [7, 11) is 0. The van der Waals surface area contributed by atoms with Crippen molar-refractivity contribution in [3.05, 3.63) is 84.5 Å². The van der Waals surface area contributed by atoms with Crippen molar-refractivity contribution >= 4 is 10.9 Å². The number of aryl methyl sites for hydroxylation is 3. The maximum Gasteiger partial charge on any atom is 0.0734 e. The predicted octanol–water partition coefficient (Wildman–Crippen LogP) is 3.81. The highest BCUT2D eigenvalue weighted by Gasteiger charge is 2.02. The van der Waals surface area contributed by atoms with Crippen LogP contribution in [0.3, 0.4) is 0 Å². The molecule has 0 bridgehead atoms. The van der Waals surface area contributed by atoms with E-state index >= 15 is 0 Å². The van der Waals surface area contributed by atoms with E-state index in [9.17, 15) is 0 Å². The van der Waals surface area contributed by atoms with Crippen molar-refractivity contribution in [1.29, 1.82) is 0 Å². The molecule has 0 unspecified atom stereocenters. The smallest absolute Gasteiger partial charge is 0.0734 e. The first-order valence-electron chi connectivity index (χ1n) is 7.32. The summed E-state index contributed by atoms with van der Waals surface area (Å²) in [6, 6.07) is 16.6. The SMILES string of the molecule is C=CN.Cc1cccc2ccc(CCc3ccccn3)nc12. The fourth-order valence-corrected chi connectivity index (χ4v) is 2.28. The number of nitrogens with zero attached hydrogens (tertiary/aromatic N) is 2. The van der Waals surface area contributed by atoms with Crippen LogP contribution in [0.15, 0.2) is 67.5 Å². The minimum atomic E-state index is 0.932. The lowest BCUT2D eigenvalue weighted by molar-refractivity contribution is 0.886. The number of nitrogens with two attached hydrogens (primary N) is 1. The molecule has 3 heteroatoms. The van der Waals surface area contributed by atoms with E-state index in [1.54, 1.807) is 0 Å². The average Bonchev–Trinajstić information content (AvgIpc) is 2.55. The first kappa shape index (κ1) is 15.7. The second-order valence-corrected chi connectivity index (χ2v) is 5.01. The number of fused-ring (bicyclic) bond motifs is 1. The molecule has 0 aliphatic heterocycles. The van der Waals surface area contributed by atoms with Crippen LogP contribution in [0.1, 0.15) is 17.0 Å². The van der Waals surface area contributed by atoms with Gasteiger partial charge in [0, 0.05) is 23.0 Å². The summed E-state index contributed by atoms with van der Waals surface area (Å²) < 4.78 is 0. The molecule has 112 valence electrons. The molecule has 2 heterocycles. The van der Waals surface area contributed by atoms with Crippen molar-refractivity contribution in [1.82, 2.24) is 9.97 Å². The first-order chi connectivity index (χ1) is 10.7. The molecular weight excluding hydrogens is 270 g/mol. The summed E-state index contributed by atoms with van der Waals surface area (Å²) in [5.41, 5.74) is 9.21. The Morgan fingerprint density at radius 2 is 1.77 bits per heavy atom. The van der Waals surface area contributed by atoms with Gasteiger partial charge in [-0.2, -0.15) is 0 Å². The normalized spacial score (nSPS) is 9.86. The molecule has 0 aliphatic carbocycles. The lowest BCUT2D eigenvalue weighted by Gasteiger charge is -2.05. The summed E-state index contributed by atoms with van der Waals surface area (Å²) in [4.78, 5) is 9.11. The summed E-state index contributed by atoms with van der Waals surface area (Å²) >= 11 is 0. The maximum absolute atomic E-state index is 4.76. The number of pyridine rings is 2. The van der Waals surface area contributed by atoms with Gasteiger partial charge in [0.2, 0.25) is 0 Å². The van der Waals surface area contributed by atoms with Gasteiger partial charge in [0.25, 0.3) is 0 Å². The van der Waals surface area contributed by atoms with Crippen LogP contribution in [0, 0.1) is 6.92 Å². The summed E-state index contributed by atoms with van der Waals surface area (Å²) in [6.07, 6.45) is 4.96. The molecule has 0 atom stereocenters. The molecule has 0 aliphatic rings. The third kappa shape index (κ3) is 4.16. The quantitative estimate of drug-likeness (QED) is 0.798. The largest absolute Gasteiger partial charge is 0.405 e. The standard InChI is InChI=1S/C17H16N2.C2H5N/c1-13-5-4-6-14-8-9-16(19-17(13)14)11-10-15-7-2-3-12-18-15;1-2-3/h2-9,12H,10-11H2,1H3;2H,1,3H2. The van der Waals surface area contributed by atoms with Gasteiger partial charge in [-0.1, -0.05) is 36.9 Å². The molecule has 3 nitrogen and oxygen atoms in total. The highest BCUT2D eigenvalue weighted by molar-refractivity contribution is 5.81. The monoisotopic (exact) mass is 291 g/mol. The van der Waals surface area contributed by atoms with Crippen LogP contribution in [0.4, 0.5) is 0 Å². The lowest BCUT2D eigenvalue weighted by Crippen LogP contribution is -1.97. The molecule has 0 saturated carbocycles. The number of hydrogen-bond acceptors (Lipinski definition) is 3. The van der Waals surface area contributed by atoms with Gasteiger partial charge in [-0.15, -0.1) is 0 Å². The number of aromatic nitrogens is 2. The van der Waals surface area contributed by atoms with E-state index in [1.807, 2.05) is 18.3 Å². The van der Waals surface area contributed by atoms with E-state index in [0.29, 0.717) is 0 Å². The van der Waals surface area contributed by atoms with E-state index < -0.39 is 0 Å². The van der Waals surface area contributed by atoms with Crippen molar-refractivity contribution < 1.29 is 0 Å². The van der Waals surface area contributed by atoms with Crippen LogP contribution in [0.5, 0.6) is 0 Å². The Morgan fingerprint density at radius 3 is 2.50 bits per heavy atom. The Bertz CT molecular complexity index is 736. The van der Waals surface area contributed by atoms with E-state index in [2.05, 4.69) is 60.6 Å². The summed E-state index contributed by atoms with van der Waals surface area (Å²) in [5, 5.41) is 1.21. The topological polar surface area (TPSA) is 51.8 Å². The Kier molecular flexibility index (Phi) is 5.66. The van der Waals surface area contributed by atoms with Crippen LogP contribution in [-0.4, -0.2) is 9.97 Å². The minimum Gasteiger partial charge on any atom is -0.405 e. The summed E-state index contributed by atoms with van der Waals surface area (Å²) in [6.45, 7) is 5.25. The third-order valence-electron chi connectivity index (χ3n) is 3.34. The highest BCUT2D eigenvalue weighted by Crippen LogP contribution is 2.17. The van der Waals surface area contributed by atoms with Crippen molar-refractivity contribution in [2.45, 2.75) is 19.8 Å². The minimum absolute atomic E-state index is 0.932. The van der Waals surface area contributed by atoms with Gasteiger partial charge in [-0.3, -0.25) is 9.97 Å². The molecule has 2 aromatic heterocycles. The van der Waals surface area contributed by atoms with Crippen molar-refractivity contribution in [2.75, 3.05) is 0 Å². The summed E-state index contributed by atoms with van der Waals surface area (Å²) in [5.74, 6) is 0. The average molecular weight is 291 g/mol. The molecule has 0 fully saturated rings. The molecule has 0 spiro atoms. The van der Waals surface area contributed by atoms with Crippen LogP contribution >= 0.6 is 0 Å². The van der Waals surface area contributed by atoms with Crippen molar-refractivity contribution in [3.8, 4) is 0 Å². The fourth-order valence-electron chi connectivity index (χ4n) is 2.28. The Morgan fingerprint density at radius 1 is 1.00 bits per heavy atom. The van der Waals surface area contributed by atoms with E-state index in [-0.39, 0.29) is 0 Å². The molecule has 0 amide bonds. The predicted molar refractivity (Wildman–Crippen MR) is 92.5 cm³/mol. The van der Waals surface area contributed by atoms with Gasteiger partial charge in [-0.25, -0.2) is 0 Å². The number of benzene rings is 1. The number of hydrogen-bond donors (Lipinski definition) is 1. The fraction of sp³-hybridized carbons (Fsp3) is 0.158. The van der Waals surface area contributed by atoms with E-state index in [1.165, 1.54) is 17.1 Å². The van der Waals surface area contributed by atoms with E-state index in [4.69, 9.17) is 4.98 Å². The molecule has 3 rings (SSSR count). The van der Waals surface area contributed by atoms with Crippen LogP contribution in [-0.2, 0) is 12.8 Å². The van der Waals surface area contributed by atoms with Gasteiger partial charge >= 0.3 is 0 Å². The van der Waals surface area contributed by atoms with E-state index in [0.717, 1.165) is 29.7 Å². The van der Waals surface area contributed by atoms with Crippen LogP contribution < -0.4 is 5.73 Å². The van der Waals surface area contributed by atoms with Gasteiger partial charge in [-0.05, 0) is 49.7 Å². The molecule has 2 N–H and O–H groups in total. The van der Waals surface area contributed by atoms with Crippen molar-refractivity contribution in [2.24, 2.45) is 5.73 Å². The van der Waals surface area contributed by atoms with Crippen LogP contribution in [0.2, 0.25) is 0 Å². The van der Waals surface area contributed by atoms with Crippen LogP contribution in [0.25, 0.3) is 10.9 Å². The molecule has 3 aromatic rings. The zero-order valence-corrected chi connectivity index (χ0v) is 12.9. The second kappa shape index (κ2) is 7.93. The Labute approximate surface area is 131 Å². The molecule has 1 aromatic carbocycles. The zero-order chi connectivity index (χ0) is 15.8. The van der Waals surface area contributed by atoms with Crippen molar-refractivity contribution in [3.63, 3.8) is 0 Å². The molecule has 0 radical (unpaired) electrons. The Balaban J connectivity index is 0.000000545. The van der Waals surface area contributed by atoms with Gasteiger partial charge in [0.05, 0.1) is 5.52 Å². The molecule has 22 heavy (non-hydrogen) atoms. The second-order valence-electron chi connectivity index (χ2n) is 5.01. The third-order valence-corrected chi connectivity index (χ3v) is 3.34. The first-order valence-corrected chi connectivity index (χ1v) is 7.32. The molecular formula is C19H21N3. The lowest BCUT2D eigenvalue weighted by atomic mass is 10.1. The number of para-hydroxylation sites is 1. The highest BCUT2D eigenvalue weighted by atomic mass is 14.7. The number of rotatable bonds is 3. The zero-order valence-electron chi connectivity index (χ0n) is 12.9. The molecule has 0 saturated heterocycles. The van der Waals surface area contributed by atoms with Gasteiger partial charge < -0.3 is 5.73 Å². The Hall–Kier alpha value is -2.68. The van der Waals surface area contributed by atoms with Gasteiger partial charge in [0.1, 0.15) is 0 Å². The maximum atomic E-state index is 4.76.